The molecule has 0 N–H and O–H groups in total. The number of hydrogen-bond donors (Lipinski definition) is 0. The number of hydrogen-bond acceptors (Lipinski definition) is 3. The number of benzene rings is 1. The average molecular weight is 361 g/mol. The van der Waals surface area contributed by atoms with Gasteiger partial charge in [0.15, 0.2) is 0 Å². The van der Waals surface area contributed by atoms with Crippen LogP contribution in [0.25, 0.3) is 0 Å². The summed E-state index contributed by atoms with van der Waals surface area (Å²) in [4.78, 5) is 2.52. The van der Waals surface area contributed by atoms with Gasteiger partial charge in [-0.15, -0.1) is 6.58 Å². The summed E-state index contributed by atoms with van der Waals surface area (Å²) >= 11 is -1.06. The van der Waals surface area contributed by atoms with Crippen LogP contribution in [0.2, 0.25) is 0 Å². The molecule has 0 saturated carbocycles. The van der Waals surface area contributed by atoms with Crippen molar-refractivity contribution < 1.29 is 4.55 Å². The first-order valence-corrected chi connectivity index (χ1v) is 10.8. The number of unbranched alkanes of at least 4 members (excludes halogenated alkanes) is 1. The fourth-order valence-electron chi connectivity index (χ4n) is 3.28. The monoisotopic (exact) mass is 360 g/mol. The van der Waals surface area contributed by atoms with E-state index in [1.165, 1.54) is 5.56 Å². The summed E-state index contributed by atoms with van der Waals surface area (Å²) in [6.45, 7) is 9.16. The van der Waals surface area contributed by atoms with E-state index in [1.54, 1.807) is 0 Å². The van der Waals surface area contributed by atoms with Crippen molar-refractivity contribution in [2.45, 2.75) is 52.0 Å². The van der Waals surface area contributed by atoms with E-state index >= 15 is 0 Å². The number of piperidine rings is 1. The van der Waals surface area contributed by atoms with E-state index in [1.807, 2.05) is 6.08 Å². The fraction of sp³-hybridized carbons (Fsp3) is 0.571. The minimum Gasteiger partial charge on any atom is -0.591 e. The Hall–Kier alpha value is -1.10. The summed E-state index contributed by atoms with van der Waals surface area (Å²) in [6, 6.07) is 10.7. The van der Waals surface area contributed by atoms with Crippen LogP contribution in [-0.4, -0.2) is 34.0 Å². The Morgan fingerprint density at radius 3 is 2.68 bits per heavy atom. The van der Waals surface area contributed by atoms with Gasteiger partial charge in [0.2, 0.25) is 0 Å². The van der Waals surface area contributed by atoms with Crippen molar-refractivity contribution in [1.29, 1.82) is 0 Å². The second kappa shape index (κ2) is 11.5. The van der Waals surface area contributed by atoms with E-state index in [4.69, 9.17) is 0 Å². The Bertz CT molecular complexity index is 524. The zero-order valence-electron chi connectivity index (χ0n) is 15.5. The van der Waals surface area contributed by atoms with Gasteiger partial charge in [-0.1, -0.05) is 54.2 Å². The van der Waals surface area contributed by atoms with E-state index in [2.05, 4.69) is 53.1 Å². The van der Waals surface area contributed by atoms with Gasteiger partial charge in [0, 0.05) is 12.5 Å². The lowest BCUT2D eigenvalue weighted by Crippen LogP contribution is -2.36. The van der Waals surface area contributed by atoms with Crippen LogP contribution in [0, 0.1) is 5.92 Å². The molecule has 1 heterocycles. The highest BCUT2D eigenvalue weighted by Gasteiger charge is 2.25. The highest BCUT2D eigenvalue weighted by Crippen LogP contribution is 2.23. The number of nitrogens with zero attached hydrogens (tertiary/aromatic N) is 2. The van der Waals surface area contributed by atoms with Crippen molar-refractivity contribution in [2.75, 3.05) is 18.8 Å². The molecule has 0 radical (unpaired) electrons. The zero-order chi connectivity index (χ0) is 17.9. The first-order chi connectivity index (χ1) is 12.2. The SMILES string of the molecule is C=CCCC(=N[S+]([O-])CCCC)C1CCN(Cc2ccccc2)CC1. The Kier molecular flexibility index (Phi) is 9.30. The maximum Gasteiger partial charge on any atom is 0.133 e. The molecule has 0 spiro atoms. The summed E-state index contributed by atoms with van der Waals surface area (Å²) in [7, 11) is 0. The first-order valence-electron chi connectivity index (χ1n) is 9.56. The molecule has 0 aliphatic carbocycles. The van der Waals surface area contributed by atoms with Gasteiger partial charge in [-0.25, -0.2) is 0 Å². The molecular formula is C21H32N2OS. The number of allylic oxidation sites excluding steroid dienone is 1. The van der Waals surface area contributed by atoms with Crippen LogP contribution in [0.4, 0.5) is 0 Å². The van der Waals surface area contributed by atoms with Crippen LogP contribution in [0.3, 0.4) is 0 Å². The van der Waals surface area contributed by atoms with Crippen LogP contribution in [0.1, 0.15) is 51.0 Å². The van der Waals surface area contributed by atoms with Gasteiger partial charge in [0.1, 0.15) is 5.75 Å². The summed E-state index contributed by atoms with van der Waals surface area (Å²) in [5, 5.41) is 0. The van der Waals surface area contributed by atoms with Crippen molar-refractivity contribution in [2.24, 2.45) is 10.3 Å². The van der Waals surface area contributed by atoms with Gasteiger partial charge < -0.3 is 4.55 Å². The fourth-order valence-corrected chi connectivity index (χ4v) is 4.41. The van der Waals surface area contributed by atoms with Crippen LogP contribution in [0.15, 0.2) is 47.4 Å². The third kappa shape index (κ3) is 7.35. The molecule has 25 heavy (non-hydrogen) atoms. The largest absolute Gasteiger partial charge is 0.591 e. The highest BCUT2D eigenvalue weighted by atomic mass is 32.2. The summed E-state index contributed by atoms with van der Waals surface area (Å²) in [6.07, 6.45) is 8.07. The maximum atomic E-state index is 12.2. The van der Waals surface area contributed by atoms with Crippen molar-refractivity contribution in [3.63, 3.8) is 0 Å². The molecule has 1 saturated heterocycles. The van der Waals surface area contributed by atoms with Crippen molar-refractivity contribution in [1.82, 2.24) is 4.90 Å². The highest BCUT2D eigenvalue weighted by molar-refractivity contribution is 7.90. The molecule has 1 unspecified atom stereocenters. The van der Waals surface area contributed by atoms with E-state index in [0.29, 0.717) is 11.7 Å². The Morgan fingerprint density at radius 2 is 2.04 bits per heavy atom. The summed E-state index contributed by atoms with van der Waals surface area (Å²) < 4.78 is 16.8. The predicted molar refractivity (Wildman–Crippen MR) is 109 cm³/mol. The standard InChI is InChI=1S/C21H32N2OS/c1-3-5-12-21(22-25(24)17-6-4-2)20-13-15-23(16-14-20)18-19-10-8-7-9-11-19/h3,7-11,20H,1,4-6,12-18H2,2H3. The van der Waals surface area contributed by atoms with Crippen molar-refractivity contribution in [3.8, 4) is 0 Å². The van der Waals surface area contributed by atoms with E-state index < -0.39 is 11.4 Å². The van der Waals surface area contributed by atoms with Crippen molar-refractivity contribution >= 4 is 17.1 Å². The van der Waals surface area contributed by atoms with Crippen LogP contribution >= 0.6 is 0 Å². The summed E-state index contributed by atoms with van der Waals surface area (Å²) in [5.41, 5.74) is 2.54. The van der Waals surface area contributed by atoms with E-state index in [0.717, 1.165) is 63.9 Å². The normalized spacial score (nSPS) is 18.2. The molecule has 1 aliphatic heterocycles. The Morgan fingerprint density at radius 1 is 1.32 bits per heavy atom. The van der Waals surface area contributed by atoms with Crippen LogP contribution < -0.4 is 0 Å². The zero-order valence-corrected chi connectivity index (χ0v) is 16.3. The number of likely N-dealkylation sites (tertiary alicyclic amines) is 1. The molecule has 3 nitrogen and oxygen atoms in total. The molecule has 1 atom stereocenters. The molecule has 2 rings (SSSR count). The molecule has 1 aliphatic rings. The van der Waals surface area contributed by atoms with Gasteiger partial charge in [-0.3, -0.25) is 4.90 Å². The smallest absolute Gasteiger partial charge is 0.133 e. The van der Waals surface area contributed by atoms with Gasteiger partial charge in [-0.05, 0) is 50.8 Å². The molecule has 0 aromatic heterocycles. The molecule has 1 aromatic rings. The third-order valence-corrected chi connectivity index (χ3v) is 5.88. The number of rotatable bonds is 10. The lowest BCUT2D eigenvalue weighted by Gasteiger charge is -2.32. The van der Waals surface area contributed by atoms with Gasteiger partial charge in [0.05, 0.1) is 17.1 Å². The van der Waals surface area contributed by atoms with Crippen LogP contribution in [0.5, 0.6) is 0 Å². The first kappa shape index (κ1) is 20.2. The van der Waals surface area contributed by atoms with Gasteiger partial charge in [0.25, 0.3) is 0 Å². The molecule has 4 heteroatoms. The lowest BCUT2D eigenvalue weighted by atomic mass is 9.89. The predicted octanol–water partition coefficient (Wildman–Crippen LogP) is 4.77. The third-order valence-electron chi connectivity index (χ3n) is 4.80. The van der Waals surface area contributed by atoms with Crippen molar-refractivity contribution in [3.05, 3.63) is 48.6 Å². The second-order valence-electron chi connectivity index (χ2n) is 6.83. The van der Waals surface area contributed by atoms with Crippen LogP contribution in [-0.2, 0) is 17.9 Å². The van der Waals surface area contributed by atoms with E-state index in [-0.39, 0.29) is 0 Å². The molecule has 0 amide bonds. The molecule has 0 bridgehead atoms. The second-order valence-corrected chi connectivity index (χ2v) is 8.06. The minimum atomic E-state index is -1.06. The summed E-state index contributed by atoms with van der Waals surface area (Å²) in [5.74, 6) is 1.18. The molecule has 1 fully saturated rings. The van der Waals surface area contributed by atoms with Gasteiger partial charge in [-0.2, -0.15) is 0 Å². The molecular weight excluding hydrogens is 328 g/mol. The quantitative estimate of drug-likeness (QED) is 0.342. The minimum absolute atomic E-state index is 0.484. The lowest BCUT2D eigenvalue weighted by molar-refractivity contribution is 0.201. The molecule has 1 aromatic carbocycles. The average Bonchev–Trinajstić information content (AvgIpc) is 2.65. The Balaban J connectivity index is 1.89. The van der Waals surface area contributed by atoms with E-state index in [9.17, 15) is 4.55 Å². The topological polar surface area (TPSA) is 38.7 Å². The maximum absolute atomic E-state index is 12.2. The van der Waals surface area contributed by atoms with Gasteiger partial charge >= 0.3 is 0 Å². The molecule has 138 valence electrons. The Labute approximate surface area is 156 Å².